The molecule has 1 aliphatic heterocycles. The number of cyclic esters (lactones) is 1. The molecule has 0 amide bonds. The van der Waals surface area contributed by atoms with Crippen LogP contribution in [0, 0.1) is 10.1 Å². The average Bonchev–Trinajstić information content (AvgIpc) is 2.98. The minimum absolute atomic E-state index is 0.0387. The van der Waals surface area contributed by atoms with Gasteiger partial charge in [-0.05, 0) is 55.0 Å². The highest BCUT2D eigenvalue weighted by molar-refractivity contribution is 6.32. The van der Waals surface area contributed by atoms with Crippen LogP contribution in [0.3, 0.4) is 0 Å². The fraction of sp³-hybridized carbons (Fsp3) is 0.105. The van der Waals surface area contributed by atoms with Crippen molar-refractivity contribution in [3.8, 4) is 5.75 Å². The molecule has 0 aromatic heterocycles. The fourth-order valence-electron chi connectivity index (χ4n) is 2.45. The van der Waals surface area contributed by atoms with Gasteiger partial charge in [-0.25, -0.2) is 4.79 Å². The molecule has 0 saturated carbocycles. The van der Waals surface area contributed by atoms with Crippen LogP contribution in [-0.2, 0) is 9.53 Å². The molecule has 0 saturated heterocycles. The zero-order chi connectivity index (χ0) is 18.7. The van der Waals surface area contributed by atoms with E-state index >= 15 is 0 Å². The highest BCUT2D eigenvalue weighted by Crippen LogP contribution is 2.30. The number of carbonyl (C=O) groups excluding carboxylic acids is 1. The smallest absolute Gasteiger partial charge is 0.343 e. The Bertz CT molecular complexity index is 931. The molecule has 0 spiro atoms. The second kappa shape index (κ2) is 7.41. The lowest BCUT2D eigenvalue weighted by Crippen LogP contribution is -1.97. The molecule has 132 valence electrons. The van der Waals surface area contributed by atoms with E-state index in [-0.39, 0.29) is 10.7 Å². The summed E-state index contributed by atoms with van der Waals surface area (Å²) < 4.78 is 10.7. The van der Waals surface area contributed by atoms with Gasteiger partial charge >= 0.3 is 5.97 Å². The first-order chi connectivity index (χ1) is 12.5. The van der Waals surface area contributed by atoms with Crippen LogP contribution in [0.4, 0.5) is 5.69 Å². The first kappa shape index (κ1) is 17.7. The van der Waals surface area contributed by atoms with Crippen LogP contribution in [-0.4, -0.2) is 17.5 Å². The topological polar surface area (TPSA) is 78.7 Å². The number of benzene rings is 2. The Kier molecular flexibility index (Phi) is 5.04. The van der Waals surface area contributed by atoms with Crippen LogP contribution in [0.1, 0.15) is 18.1 Å². The third-order valence-corrected chi connectivity index (χ3v) is 3.98. The molecule has 0 radical (unpaired) electrons. The summed E-state index contributed by atoms with van der Waals surface area (Å²) in [5.74, 6) is 0.615. The molecule has 3 rings (SSSR count). The maximum Gasteiger partial charge on any atom is 0.343 e. The summed E-state index contributed by atoms with van der Waals surface area (Å²) in [7, 11) is 0. The zero-order valence-corrected chi connectivity index (χ0v) is 14.5. The first-order valence-electron chi connectivity index (χ1n) is 7.80. The second-order valence-electron chi connectivity index (χ2n) is 5.42. The maximum absolute atomic E-state index is 12.1. The molecule has 0 bridgehead atoms. The van der Waals surface area contributed by atoms with Crippen molar-refractivity contribution in [3.05, 3.63) is 80.4 Å². The van der Waals surface area contributed by atoms with E-state index in [9.17, 15) is 14.9 Å². The van der Waals surface area contributed by atoms with E-state index in [2.05, 4.69) is 0 Å². The molecule has 2 aromatic carbocycles. The number of hydrogen-bond donors (Lipinski definition) is 0. The van der Waals surface area contributed by atoms with Gasteiger partial charge in [0.25, 0.3) is 5.69 Å². The molecule has 7 heteroatoms. The van der Waals surface area contributed by atoms with Gasteiger partial charge in [0.05, 0.1) is 17.1 Å². The van der Waals surface area contributed by atoms with Crippen molar-refractivity contribution in [2.45, 2.75) is 6.92 Å². The predicted molar refractivity (Wildman–Crippen MR) is 97.8 cm³/mol. The maximum atomic E-state index is 12.1. The molecule has 0 atom stereocenters. The highest BCUT2D eigenvalue weighted by atomic mass is 35.5. The lowest BCUT2D eigenvalue weighted by molar-refractivity contribution is -0.384. The lowest BCUT2D eigenvalue weighted by atomic mass is 10.1. The number of rotatable bonds is 5. The molecule has 0 N–H and O–H groups in total. The number of ether oxygens (including phenoxy) is 2. The van der Waals surface area contributed by atoms with Crippen molar-refractivity contribution in [2.24, 2.45) is 0 Å². The lowest BCUT2D eigenvalue weighted by Gasteiger charge is -2.05. The number of nitrogens with zero attached hydrogens (tertiary/aromatic N) is 1. The molecular formula is C19H14ClNO5. The number of nitro benzene ring substituents is 1. The number of carbonyl (C=O) groups is 1. The number of nitro groups is 1. The van der Waals surface area contributed by atoms with Gasteiger partial charge < -0.3 is 9.47 Å². The van der Waals surface area contributed by atoms with Crippen LogP contribution in [0.25, 0.3) is 11.8 Å². The Hall–Kier alpha value is -3.12. The molecular weight excluding hydrogens is 358 g/mol. The minimum atomic E-state index is -0.571. The van der Waals surface area contributed by atoms with Gasteiger partial charge in [0.2, 0.25) is 0 Å². The highest BCUT2D eigenvalue weighted by Gasteiger charge is 2.22. The number of esters is 1. The van der Waals surface area contributed by atoms with Crippen molar-refractivity contribution in [1.82, 2.24) is 0 Å². The Labute approximate surface area is 154 Å². The minimum Gasteiger partial charge on any atom is -0.494 e. The predicted octanol–water partition coefficient (Wildman–Crippen LogP) is 4.63. The quantitative estimate of drug-likeness (QED) is 0.331. The summed E-state index contributed by atoms with van der Waals surface area (Å²) in [6, 6.07) is 11.5. The van der Waals surface area contributed by atoms with Gasteiger partial charge in [0.1, 0.15) is 16.5 Å². The standard InChI is InChI=1S/C19H14ClNO5/c1-2-25-15-6-4-13(5-7-15)18-11-14(19(22)26-18)9-12-3-8-16(20)17(10-12)21(23)24/h3-11H,2H2,1H3/b14-9-. The van der Waals surface area contributed by atoms with E-state index < -0.39 is 10.9 Å². The van der Waals surface area contributed by atoms with Gasteiger partial charge in [0.15, 0.2) is 0 Å². The van der Waals surface area contributed by atoms with E-state index in [4.69, 9.17) is 21.1 Å². The third-order valence-electron chi connectivity index (χ3n) is 3.66. The van der Waals surface area contributed by atoms with E-state index in [1.807, 2.05) is 6.92 Å². The van der Waals surface area contributed by atoms with Gasteiger partial charge in [-0.1, -0.05) is 17.7 Å². The van der Waals surface area contributed by atoms with Crippen molar-refractivity contribution < 1.29 is 19.2 Å². The molecule has 0 aliphatic carbocycles. The summed E-state index contributed by atoms with van der Waals surface area (Å²) in [4.78, 5) is 22.5. The largest absolute Gasteiger partial charge is 0.494 e. The second-order valence-corrected chi connectivity index (χ2v) is 5.83. The van der Waals surface area contributed by atoms with Crippen LogP contribution in [0.2, 0.25) is 5.02 Å². The van der Waals surface area contributed by atoms with Crippen molar-refractivity contribution in [3.63, 3.8) is 0 Å². The average molecular weight is 372 g/mol. The Balaban J connectivity index is 1.89. The van der Waals surface area contributed by atoms with Crippen LogP contribution < -0.4 is 4.74 Å². The van der Waals surface area contributed by atoms with E-state index in [0.717, 1.165) is 11.3 Å². The number of halogens is 1. The van der Waals surface area contributed by atoms with E-state index in [1.54, 1.807) is 36.4 Å². The van der Waals surface area contributed by atoms with Gasteiger partial charge in [-0.15, -0.1) is 0 Å². The Morgan fingerprint density at radius 2 is 1.96 bits per heavy atom. The third kappa shape index (κ3) is 3.75. The van der Waals surface area contributed by atoms with E-state index in [0.29, 0.717) is 23.5 Å². The molecule has 26 heavy (non-hydrogen) atoms. The van der Waals surface area contributed by atoms with Gasteiger partial charge in [-0.2, -0.15) is 0 Å². The Morgan fingerprint density at radius 1 is 1.23 bits per heavy atom. The molecule has 1 heterocycles. The first-order valence-corrected chi connectivity index (χ1v) is 8.18. The Morgan fingerprint density at radius 3 is 2.62 bits per heavy atom. The van der Waals surface area contributed by atoms with Crippen LogP contribution in [0.15, 0.2) is 54.1 Å². The summed E-state index contributed by atoms with van der Waals surface area (Å²) in [6.07, 6.45) is 3.12. The SMILES string of the molecule is CCOc1ccc(C2=C/C(=C/c3ccc(Cl)c([N+](=O)[O-])c3)C(=O)O2)cc1. The normalized spacial score (nSPS) is 14.9. The van der Waals surface area contributed by atoms with Gasteiger partial charge in [-0.3, -0.25) is 10.1 Å². The number of hydrogen-bond acceptors (Lipinski definition) is 5. The van der Waals surface area contributed by atoms with Crippen LogP contribution >= 0.6 is 11.6 Å². The summed E-state index contributed by atoms with van der Waals surface area (Å²) >= 11 is 5.80. The molecule has 0 fully saturated rings. The van der Waals surface area contributed by atoms with Crippen molar-refractivity contribution >= 4 is 35.1 Å². The summed E-state index contributed by atoms with van der Waals surface area (Å²) in [5.41, 5.74) is 1.29. The van der Waals surface area contributed by atoms with Crippen molar-refractivity contribution in [1.29, 1.82) is 0 Å². The van der Waals surface area contributed by atoms with Gasteiger partial charge in [0, 0.05) is 11.6 Å². The fourth-order valence-corrected chi connectivity index (χ4v) is 2.64. The molecule has 0 unspecified atom stereocenters. The van der Waals surface area contributed by atoms with E-state index in [1.165, 1.54) is 18.2 Å². The molecule has 1 aliphatic rings. The zero-order valence-electron chi connectivity index (χ0n) is 13.8. The molecule has 2 aromatic rings. The summed E-state index contributed by atoms with van der Waals surface area (Å²) in [6.45, 7) is 2.46. The monoisotopic (exact) mass is 371 g/mol. The summed E-state index contributed by atoms with van der Waals surface area (Å²) in [5, 5.41) is 11.0. The molecule has 6 nitrogen and oxygen atoms in total. The van der Waals surface area contributed by atoms with Crippen molar-refractivity contribution in [2.75, 3.05) is 6.61 Å². The van der Waals surface area contributed by atoms with Crippen LogP contribution in [0.5, 0.6) is 5.75 Å².